The molecule has 0 heterocycles. The van der Waals surface area contributed by atoms with Crippen molar-refractivity contribution in [2.45, 2.75) is 31.6 Å². The molecular formula is C18H17N3O8S. The van der Waals surface area contributed by atoms with Gasteiger partial charge in [0.15, 0.2) is 0 Å². The van der Waals surface area contributed by atoms with E-state index >= 15 is 0 Å². The van der Waals surface area contributed by atoms with Gasteiger partial charge in [-0.15, -0.1) is 0 Å². The molecule has 0 bridgehead atoms. The summed E-state index contributed by atoms with van der Waals surface area (Å²) in [6, 6.07) is 5.70. The summed E-state index contributed by atoms with van der Waals surface area (Å²) in [5, 5.41) is 13.9. The Morgan fingerprint density at radius 3 is 2.13 bits per heavy atom. The van der Waals surface area contributed by atoms with E-state index in [4.69, 9.17) is 0 Å². The maximum absolute atomic E-state index is 12.3. The highest BCUT2D eigenvalue weighted by Gasteiger charge is 2.25. The number of ketones is 2. The van der Waals surface area contributed by atoms with Crippen molar-refractivity contribution < 1.29 is 32.5 Å². The van der Waals surface area contributed by atoms with E-state index in [1.54, 1.807) is 4.72 Å². The number of Topliss-reactive ketones (excluding diaryl/α,β-unsaturated/α-hetero) is 2. The van der Waals surface area contributed by atoms with Gasteiger partial charge in [-0.25, -0.2) is 13.1 Å². The first kappa shape index (κ1) is 22.6. The molecular weight excluding hydrogens is 418 g/mol. The largest absolute Gasteiger partial charge is 0.314 e. The fraction of sp³-hybridized carbons (Fsp3) is 0.222. The normalized spacial score (nSPS) is 11.0. The monoisotopic (exact) mass is 435 g/mol. The van der Waals surface area contributed by atoms with Crippen molar-refractivity contribution in [3.05, 3.63) is 40.4 Å². The quantitative estimate of drug-likeness (QED) is 0.356. The Morgan fingerprint density at radius 1 is 0.967 bits per heavy atom. The summed E-state index contributed by atoms with van der Waals surface area (Å²) in [4.78, 5) is 56.6. The second-order valence-electron chi connectivity index (χ2n) is 6.04. The second kappa shape index (κ2) is 8.78. The first-order chi connectivity index (χ1) is 14.0. The number of carbonyl (C=O) groups is 4. The summed E-state index contributed by atoms with van der Waals surface area (Å²) in [5.74, 6) is -3.98. The van der Waals surface area contributed by atoms with E-state index in [0.29, 0.717) is 0 Å². The Bertz CT molecular complexity index is 1190. The number of hydrogen-bond acceptors (Lipinski definition) is 8. The molecule has 0 atom stereocenters. The summed E-state index contributed by atoms with van der Waals surface area (Å²) in [6.45, 7) is 2.86. The van der Waals surface area contributed by atoms with E-state index in [-0.39, 0.29) is 34.2 Å². The number of anilines is 1. The summed E-state index contributed by atoms with van der Waals surface area (Å²) in [6.07, 6.45) is -0.263. The van der Waals surface area contributed by atoms with E-state index in [1.165, 1.54) is 19.9 Å². The van der Waals surface area contributed by atoms with E-state index in [1.807, 2.05) is 0 Å². The molecule has 0 aliphatic heterocycles. The van der Waals surface area contributed by atoms with E-state index in [9.17, 15) is 37.7 Å². The Kier molecular flexibility index (Phi) is 6.62. The Labute approximate surface area is 170 Å². The standard InChI is InChI=1S/C18H17N3O8S/c1-3-14(22)17(24)19-13-8-5-10-9-11(6-7-12(10)16(13)21(26)27)30(28,29)20-18(25)15(23)4-2/h5-9H,3-4H2,1-2H3,(H,19,24)(H,20,25). The molecule has 0 aliphatic carbocycles. The van der Waals surface area contributed by atoms with E-state index in [2.05, 4.69) is 5.32 Å². The summed E-state index contributed by atoms with van der Waals surface area (Å²) in [7, 11) is -4.39. The Balaban J connectivity index is 2.52. The number of nitrogens with one attached hydrogen (secondary N) is 2. The number of nitro benzene ring substituents is 1. The van der Waals surface area contributed by atoms with Gasteiger partial charge in [0.25, 0.3) is 15.9 Å². The molecule has 0 unspecified atom stereocenters. The molecule has 30 heavy (non-hydrogen) atoms. The number of benzene rings is 2. The molecule has 2 aromatic carbocycles. The third kappa shape index (κ3) is 4.66. The topological polar surface area (TPSA) is 170 Å². The van der Waals surface area contributed by atoms with Crippen LogP contribution in [0.5, 0.6) is 0 Å². The van der Waals surface area contributed by atoms with Crippen molar-refractivity contribution >= 4 is 55.6 Å². The third-order valence-corrected chi connectivity index (χ3v) is 5.41. The van der Waals surface area contributed by atoms with Crippen molar-refractivity contribution in [1.82, 2.24) is 4.72 Å². The van der Waals surface area contributed by atoms with Crippen LogP contribution in [-0.2, 0) is 29.2 Å². The van der Waals surface area contributed by atoms with Crippen molar-refractivity contribution in [3.63, 3.8) is 0 Å². The van der Waals surface area contributed by atoms with Crippen LogP contribution in [0, 0.1) is 10.1 Å². The van der Waals surface area contributed by atoms with Gasteiger partial charge in [0.05, 0.1) is 15.2 Å². The van der Waals surface area contributed by atoms with Gasteiger partial charge in [-0.05, 0) is 29.7 Å². The predicted octanol–water partition coefficient (Wildman–Crippen LogP) is 1.45. The van der Waals surface area contributed by atoms with Crippen LogP contribution in [0.1, 0.15) is 26.7 Å². The number of fused-ring (bicyclic) bond motifs is 1. The lowest BCUT2D eigenvalue weighted by atomic mass is 10.1. The van der Waals surface area contributed by atoms with E-state index in [0.717, 1.165) is 24.3 Å². The van der Waals surface area contributed by atoms with Gasteiger partial charge in [0, 0.05) is 12.8 Å². The molecule has 0 radical (unpaired) electrons. The number of nitrogens with zero attached hydrogens (tertiary/aromatic N) is 1. The highest BCUT2D eigenvalue weighted by atomic mass is 32.2. The highest BCUT2D eigenvalue weighted by molar-refractivity contribution is 7.90. The molecule has 12 heteroatoms. The van der Waals surface area contributed by atoms with Gasteiger partial charge < -0.3 is 5.32 Å². The van der Waals surface area contributed by atoms with Gasteiger partial charge in [-0.1, -0.05) is 19.9 Å². The molecule has 0 saturated heterocycles. The Morgan fingerprint density at radius 2 is 1.57 bits per heavy atom. The maximum atomic E-state index is 12.3. The summed E-state index contributed by atoms with van der Waals surface area (Å²) >= 11 is 0. The lowest BCUT2D eigenvalue weighted by Crippen LogP contribution is -2.35. The molecule has 2 amide bonds. The van der Waals surface area contributed by atoms with Gasteiger partial charge >= 0.3 is 11.6 Å². The minimum absolute atomic E-state index is 0.00309. The van der Waals surface area contributed by atoms with Gasteiger partial charge in [0.2, 0.25) is 11.6 Å². The highest BCUT2D eigenvalue weighted by Crippen LogP contribution is 2.34. The number of nitro groups is 1. The zero-order valence-electron chi connectivity index (χ0n) is 15.9. The molecule has 0 aliphatic rings. The van der Waals surface area contributed by atoms with Crippen molar-refractivity contribution in [2.24, 2.45) is 0 Å². The number of amides is 2. The van der Waals surface area contributed by atoms with Crippen LogP contribution < -0.4 is 10.0 Å². The first-order valence-electron chi connectivity index (χ1n) is 8.67. The molecule has 0 fully saturated rings. The van der Waals surface area contributed by atoms with Gasteiger partial charge in [-0.2, -0.15) is 0 Å². The zero-order chi connectivity index (χ0) is 22.6. The first-order valence-corrected chi connectivity index (χ1v) is 10.2. The van der Waals surface area contributed by atoms with Crippen LogP contribution in [0.2, 0.25) is 0 Å². The van der Waals surface area contributed by atoms with Crippen LogP contribution >= 0.6 is 0 Å². The average molecular weight is 435 g/mol. The lowest BCUT2D eigenvalue weighted by Gasteiger charge is -2.10. The molecule has 2 aromatic rings. The molecule has 0 saturated carbocycles. The fourth-order valence-electron chi connectivity index (χ4n) is 2.51. The van der Waals surface area contributed by atoms with Crippen molar-refractivity contribution in [3.8, 4) is 0 Å². The SMILES string of the molecule is CCC(=O)C(=O)Nc1ccc2cc(S(=O)(=O)NC(=O)C(=O)CC)ccc2c1[N+](=O)[O-]. The van der Waals surface area contributed by atoms with Crippen LogP contribution in [0.4, 0.5) is 11.4 Å². The number of hydrogen-bond donors (Lipinski definition) is 2. The minimum Gasteiger partial charge on any atom is -0.314 e. The zero-order valence-corrected chi connectivity index (χ0v) is 16.7. The minimum atomic E-state index is -4.39. The molecule has 0 aromatic heterocycles. The third-order valence-electron chi connectivity index (χ3n) is 4.08. The second-order valence-corrected chi connectivity index (χ2v) is 7.73. The number of sulfonamides is 1. The smallest absolute Gasteiger partial charge is 0.301 e. The Hall–Kier alpha value is -3.67. The number of rotatable bonds is 8. The van der Waals surface area contributed by atoms with Crippen molar-refractivity contribution in [2.75, 3.05) is 5.32 Å². The van der Waals surface area contributed by atoms with Gasteiger partial charge in [-0.3, -0.25) is 29.3 Å². The maximum Gasteiger partial charge on any atom is 0.301 e. The van der Waals surface area contributed by atoms with Crippen LogP contribution in [0.25, 0.3) is 10.8 Å². The van der Waals surface area contributed by atoms with Crippen LogP contribution in [0.3, 0.4) is 0 Å². The molecule has 2 rings (SSSR count). The van der Waals surface area contributed by atoms with E-state index < -0.39 is 44.0 Å². The molecule has 11 nitrogen and oxygen atoms in total. The van der Waals surface area contributed by atoms with Crippen LogP contribution in [-0.4, -0.2) is 36.7 Å². The summed E-state index contributed by atoms with van der Waals surface area (Å²) < 4.78 is 26.3. The molecule has 0 spiro atoms. The number of carbonyl (C=O) groups excluding carboxylic acids is 4. The molecule has 2 N–H and O–H groups in total. The van der Waals surface area contributed by atoms with Gasteiger partial charge in [0.1, 0.15) is 5.69 Å². The average Bonchev–Trinajstić information content (AvgIpc) is 2.70. The fourth-order valence-corrected chi connectivity index (χ4v) is 3.51. The lowest BCUT2D eigenvalue weighted by molar-refractivity contribution is -0.382. The summed E-state index contributed by atoms with van der Waals surface area (Å²) in [5.41, 5.74) is -0.754. The molecule has 158 valence electrons. The predicted molar refractivity (Wildman–Crippen MR) is 105 cm³/mol. The van der Waals surface area contributed by atoms with Crippen molar-refractivity contribution in [1.29, 1.82) is 0 Å². The van der Waals surface area contributed by atoms with Crippen LogP contribution in [0.15, 0.2) is 35.2 Å².